The van der Waals surface area contributed by atoms with Gasteiger partial charge in [0.15, 0.2) is 5.76 Å². The first-order valence-electron chi connectivity index (χ1n) is 8.49. The molecule has 0 aliphatic carbocycles. The van der Waals surface area contributed by atoms with Gasteiger partial charge < -0.3 is 13.8 Å². The van der Waals surface area contributed by atoms with Crippen LogP contribution in [0.2, 0.25) is 0 Å². The van der Waals surface area contributed by atoms with Crippen LogP contribution in [0.4, 0.5) is 5.69 Å². The number of pyridine rings is 1. The van der Waals surface area contributed by atoms with Crippen LogP contribution in [-0.4, -0.2) is 46.2 Å². The maximum atomic E-state index is 5.45. The monoisotopic (exact) mass is 339 g/mol. The molecule has 1 aliphatic rings. The number of hydrogen-bond donors (Lipinski definition) is 0. The smallest absolute Gasteiger partial charge is 0.244 e. The largest absolute Gasteiger partial charge is 0.461 e. The summed E-state index contributed by atoms with van der Waals surface area (Å²) in [5, 5.41) is 4.02. The molecular weight excluding hydrogens is 318 g/mol. The minimum atomic E-state index is 0.0805. The van der Waals surface area contributed by atoms with Crippen molar-refractivity contribution in [2.24, 2.45) is 0 Å². The van der Waals surface area contributed by atoms with Gasteiger partial charge in [0, 0.05) is 44.3 Å². The molecule has 0 amide bonds. The molecule has 1 aliphatic heterocycles. The maximum absolute atomic E-state index is 5.45. The summed E-state index contributed by atoms with van der Waals surface area (Å²) in [5.41, 5.74) is 2.48. The van der Waals surface area contributed by atoms with Crippen molar-refractivity contribution < 1.29 is 8.94 Å². The normalized spacial score (nSPS) is 17.0. The van der Waals surface area contributed by atoms with E-state index in [1.807, 2.05) is 24.5 Å². The Bertz CT molecular complexity index is 822. The molecule has 0 aromatic carbocycles. The summed E-state index contributed by atoms with van der Waals surface area (Å²) in [7, 11) is 0. The molecule has 3 aromatic rings. The fourth-order valence-electron chi connectivity index (χ4n) is 3.24. The highest BCUT2D eigenvalue weighted by molar-refractivity contribution is 5.51. The molecule has 3 aromatic heterocycles. The van der Waals surface area contributed by atoms with Gasteiger partial charge in [-0.1, -0.05) is 5.16 Å². The molecule has 25 heavy (non-hydrogen) atoms. The van der Waals surface area contributed by atoms with Crippen LogP contribution >= 0.6 is 0 Å². The van der Waals surface area contributed by atoms with E-state index in [1.54, 1.807) is 6.26 Å². The second-order valence-electron chi connectivity index (χ2n) is 6.29. The predicted octanol–water partition coefficient (Wildman–Crippen LogP) is 2.92. The molecule has 0 N–H and O–H groups in total. The van der Waals surface area contributed by atoms with Gasteiger partial charge in [-0.25, -0.2) is 0 Å². The summed E-state index contributed by atoms with van der Waals surface area (Å²) in [4.78, 5) is 13.4. The SMILES string of the molecule is Cc1cnccc1N1CCN(C(C)c2nc(-c3ccco3)no2)CC1. The number of piperazine rings is 1. The quantitative estimate of drug-likeness (QED) is 0.723. The lowest BCUT2D eigenvalue weighted by molar-refractivity contribution is 0.164. The molecule has 1 saturated heterocycles. The van der Waals surface area contributed by atoms with Gasteiger partial charge in [0.05, 0.1) is 12.3 Å². The van der Waals surface area contributed by atoms with Crippen molar-refractivity contribution in [1.82, 2.24) is 20.0 Å². The Labute approximate surface area is 146 Å². The molecule has 1 atom stereocenters. The Hall–Kier alpha value is -2.67. The van der Waals surface area contributed by atoms with E-state index in [-0.39, 0.29) is 6.04 Å². The molecule has 0 spiro atoms. The molecule has 7 nitrogen and oxygen atoms in total. The van der Waals surface area contributed by atoms with Crippen molar-refractivity contribution in [1.29, 1.82) is 0 Å². The van der Waals surface area contributed by atoms with Gasteiger partial charge in [0.1, 0.15) is 0 Å². The van der Waals surface area contributed by atoms with E-state index in [0.717, 1.165) is 26.2 Å². The van der Waals surface area contributed by atoms with Gasteiger partial charge in [0.2, 0.25) is 11.7 Å². The molecule has 130 valence electrons. The predicted molar refractivity (Wildman–Crippen MR) is 93.2 cm³/mol. The third kappa shape index (κ3) is 3.15. The number of aryl methyl sites for hydroxylation is 1. The van der Waals surface area contributed by atoms with Crippen molar-refractivity contribution in [3.63, 3.8) is 0 Å². The van der Waals surface area contributed by atoms with Crippen molar-refractivity contribution in [3.8, 4) is 11.6 Å². The van der Waals surface area contributed by atoms with Gasteiger partial charge in [-0.05, 0) is 37.6 Å². The van der Waals surface area contributed by atoms with Gasteiger partial charge in [-0.3, -0.25) is 9.88 Å². The Kier molecular flexibility index (Phi) is 4.23. The van der Waals surface area contributed by atoms with Crippen LogP contribution in [0, 0.1) is 6.92 Å². The second kappa shape index (κ2) is 6.68. The summed E-state index contributed by atoms with van der Waals surface area (Å²) in [6.07, 6.45) is 5.37. The Balaban J connectivity index is 1.41. The van der Waals surface area contributed by atoms with Gasteiger partial charge in [-0.15, -0.1) is 0 Å². The Morgan fingerprint density at radius 3 is 2.72 bits per heavy atom. The number of furan rings is 1. The summed E-state index contributed by atoms with van der Waals surface area (Å²) in [6, 6.07) is 5.81. The van der Waals surface area contributed by atoms with Crippen LogP contribution < -0.4 is 4.90 Å². The first-order chi connectivity index (χ1) is 12.2. The highest BCUT2D eigenvalue weighted by Gasteiger charge is 2.26. The molecular formula is C18H21N5O2. The number of nitrogens with zero attached hydrogens (tertiary/aromatic N) is 5. The lowest BCUT2D eigenvalue weighted by atomic mass is 10.2. The number of aromatic nitrogens is 3. The van der Waals surface area contributed by atoms with E-state index < -0.39 is 0 Å². The van der Waals surface area contributed by atoms with Crippen molar-refractivity contribution >= 4 is 5.69 Å². The standard InChI is InChI=1S/C18H21N5O2/c1-13-12-19-6-5-15(13)23-9-7-22(8-10-23)14(2)18-20-17(21-25-18)16-4-3-11-24-16/h3-6,11-12,14H,7-10H2,1-2H3. The first kappa shape index (κ1) is 15.8. The van der Waals surface area contributed by atoms with E-state index in [9.17, 15) is 0 Å². The summed E-state index contributed by atoms with van der Waals surface area (Å²) >= 11 is 0. The van der Waals surface area contributed by atoms with E-state index >= 15 is 0 Å². The average molecular weight is 339 g/mol. The zero-order valence-electron chi connectivity index (χ0n) is 14.4. The van der Waals surface area contributed by atoms with E-state index in [4.69, 9.17) is 8.94 Å². The third-order valence-corrected chi connectivity index (χ3v) is 4.73. The second-order valence-corrected chi connectivity index (χ2v) is 6.29. The lowest BCUT2D eigenvalue weighted by Gasteiger charge is -2.38. The first-order valence-corrected chi connectivity index (χ1v) is 8.49. The molecule has 0 saturated carbocycles. The van der Waals surface area contributed by atoms with Crippen LogP contribution in [0.15, 0.2) is 45.8 Å². The molecule has 7 heteroatoms. The summed E-state index contributed by atoms with van der Waals surface area (Å²) in [5.74, 6) is 1.75. The lowest BCUT2D eigenvalue weighted by Crippen LogP contribution is -2.47. The molecule has 1 fully saturated rings. The molecule has 4 rings (SSSR count). The van der Waals surface area contributed by atoms with Crippen molar-refractivity contribution in [2.75, 3.05) is 31.1 Å². The van der Waals surface area contributed by atoms with Crippen LogP contribution in [0.5, 0.6) is 0 Å². The minimum Gasteiger partial charge on any atom is -0.461 e. The van der Waals surface area contributed by atoms with Crippen LogP contribution in [-0.2, 0) is 0 Å². The average Bonchev–Trinajstić information content (AvgIpc) is 3.33. The zero-order chi connectivity index (χ0) is 17.2. The molecule has 0 bridgehead atoms. The topological polar surface area (TPSA) is 71.4 Å². The third-order valence-electron chi connectivity index (χ3n) is 4.73. The molecule has 0 radical (unpaired) electrons. The highest BCUT2D eigenvalue weighted by Crippen LogP contribution is 2.26. The van der Waals surface area contributed by atoms with E-state index in [2.05, 4.69) is 44.8 Å². The van der Waals surface area contributed by atoms with Crippen LogP contribution in [0.3, 0.4) is 0 Å². The van der Waals surface area contributed by atoms with Crippen LogP contribution in [0.1, 0.15) is 24.4 Å². The van der Waals surface area contributed by atoms with Gasteiger partial charge >= 0.3 is 0 Å². The fraction of sp³-hybridized carbons (Fsp3) is 0.389. The minimum absolute atomic E-state index is 0.0805. The fourth-order valence-corrected chi connectivity index (χ4v) is 3.24. The van der Waals surface area contributed by atoms with Gasteiger partial charge in [-0.2, -0.15) is 4.98 Å². The van der Waals surface area contributed by atoms with Crippen molar-refractivity contribution in [2.45, 2.75) is 19.9 Å². The Morgan fingerprint density at radius 1 is 1.16 bits per heavy atom. The number of hydrogen-bond acceptors (Lipinski definition) is 7. The molecule has 4 heterocycles. The summed E-state index contributed by atoms with van der Waals surface area (Å²) in [6.45, 7) is 8.03. The summed E-state index contributed by atoms with van der Waals surface area (Å²) < 4.78 is 10.8. The zero-order valence-corrected chi connectivity index (χ0v) is 14.4. The highest BCUT2D eigenvalue weighted by atomic mass is 16.5. The van der Waals surface area contributed by atoms with Crippen LogP contribution in [0.25, 0.3) is 11.6 Å². The number of rotatable bonds is 4. The van der Waals surface area contributed by atoms with Gasteiger partial charge in [0.25, 0.3) is 0 Å². The molecule has 1 unspecified atom stereocenters. The van der Waals surface area contributed by atoms with E-state index in [0.29, 0.717) is 17.5 Å². The van der Waals surface area contributed by atoms with E-state index in [1.165, 1.54) is 11.3 Å². The maximum Gasteiger partial charge on any atom is 0.244 e. The van der Waals surface area contributed by atoms with Crippen molar-refractivity contribution in [3.05, 3.63) is 48.3 Å². The number of anilines is 1. The Morgan fingerprint density at radius 2 is 2.00 bits per heavy atom.